The van der Waals surface area contributed by atoms with Crippen molar-refractivity contribution < 1.29 is 18.7 Å². The first-order valence-electron chi connectivity index (χ1n) is 7.87. The maximum atomic E-state index is 12.8. The first kappa shape index (κ1) is 16.2. The molecule has 1 aliphatic rings. The third kappa shape index (κ3) is 2.91. The van der Waals surface area contributed by atoms with Gasteiger partial charge in [0.2, 0.25) is 0 Å². The number of carbonyl (C=O) groups is 2. The highest BCUT2D eigenvalue weighted by Gasteiger charge is 2.42. The van der Waals surface area contributed by atoms with Crippen LogP contribution >= 0.6 is 0 Å². The second-order valence-corrected chi connectivity index (χ2v) is 5.99. The van der Waals surface area contributed by atoms with Gasteiger partial charge in [0.15, 0.2) is 11.6 Å². The van der Waals surface area contributed by atoms with E-state index in [-0.39, 0.29) is 23.7 Å². The zero-order valence-corrected chi connectivity index (χ0v) is 14.0. The second kappa shape index (κ2) is 6.47. The predicted octanol–water partition coefficient (Wildman–Crippen LogP) is 2.32. The number of hydrogen-bond donors (Lipinski definition) is 0. The molecule has 6 nitrogen and oxygen atoms in total. The van der Waals surface area contributed by atoms with E-state index in [4.69, 9.17) is 9.15 Å². The van der Waals surface area contributed by atoms with E-state index in [1.807, 2.05) is 30.3 Å². The maximum absolute atomic E-state index is 12.8. The number of amides is 1. The molecule has 0 aliphatic carbocycles. The van der Waals surface area contributed by atoms with E-state index in [2.05, 4.69) is 4.98 Å². The van der Waals surface area contributed by atoms with Crippen LogP contribution in [0, 0.1) is 19.8 Å². The van der Waals surface area contributed by atoms with Crippen molar-refractivity contribution in [2.45, 2.75) is 19.8 Å². The van der Waals surface area contributed by atoms with E-state index in [9.17, 15) is 9.59 Å². The topological polar surface area (TPSA) is 72.6 Å². The molecule has 0 spiro atoms. The highest BCUT2D eigenvalue weighted by Crippen LogP contribution is 2.34. The smallest absolute Gasteiger partial charge is 0.311 e. The van der Waals surface area contributed by atoms with Crippen molar-refractivity contribution in [3.05, 3.63) is 53.2 Å². The Morgan fingerprint density at radius 3 is 2.50 bits per heavy atom. The molecule has 0 N–H and O–H groups in total. The number of ether oxygens (including phenoxy) is 1. The third-order valence-corrected chi connectivity index (χ3v) is 4.44. The predicted molar refractivity (Wildman–Crippen MR) is 86.6 cm³/mol. The molecular weight excluding hydrogens is 308 g/mol. The van der Waals surface area contributed by atoms with Crippen molar-refractivity contribution in [1.29, 1.82) is 0 Å². The van der Waals surface area contributed by atoms with Crippen molar-refractivity contribution >= 4 is 11.9 Å². The maximum Gasteiger partial charge on any atom is 0.311 e. The minimum Gasteiger partial charge on any atom is -0.469 e. The molecule has 1 aromatic heterocycles. The largest absolute Gasteiger partial charge is 0.469 e. The molecule has 6 heteroatoms. The number of likely N-dealkylation sites (tertiary alicyclic amines) is 1. The molecule has 0 radical (unpaired) electrons. The summed E-state index contributed by atoms with van der Waals surface area (Å²) in [4.78, 5) is 30.8. The standard InChI is InChI=1S/C18H20N2O4/c1-11-16(19-12(2)24-11)17(21)20-9-14(13-7-5-4-6-8-13)15(10-20)18(22)23-3/h4-8,14-15H,9-10H2,1-3H3/t14-,15+/m0/s1. The van der Waals surface area contributed by atoms with Gasteiger partial charge in [0, 0.05) is 25.9 Å². The number of esters is 1. The minimum atomic E-state index is -0.380. The zero-order valence-electron chi connectivity index (χ0n) is 14.0. The first-order valence-corrected chi connectivity index (χ1v) is 7.87. The molecule has 0 unspecified atom stereocenters. The van der Waals surface area contributed by atoms with E-state index in [0.29, 0.717) is 30.4 Å². The van der Waals surface area contributed by atoms with Crippen LogP contribution in [0.4, 0.5) is 0 Å². The third-order valence-electron chi connectivity index (χ3n) is 4.44. The Bertz CT molecular complexity index is 754. The van der Waals surface area contributed by atoms with E-state index in [1.165, 1.54) is 7.11 Å². The Labute approximate surface area is 140 Å². The highest BCUT2D eigenvalue weighted by atomic mass is 16.5. The molecule has 1 saturated heterocycles. The molecule has 0 bridgehead atoms. The Kier molecular flexibility index (Phi) is 4.38. The number of rotatable bonds is 3. The summed E-state index contributed by atoms with van der Waals surface area (Å²) in [6.07, 6.45) is 0. The fourth-order valence-corrected chi connectivity index (χ4v) is 3.27. The summed E-state index contributed by atoms with van der Waals surface area (Å²) in [7, 11) is 1.38. The summed E-state index contributed by atoms with van der Waals surface area (Å²) < 4.78 is 10.3. The van der Waals surface area contributed by atoms with E-state index in [1.54, 1.807) is 18.7 Å². The van der Waals surface area contributed by atoms with Gasteiger partial charge in [0.25, 0.3) is 5.91 Å². The van der Waals surface area contributed by atoms with Crippen molar-refractivity contribution in [2.24, 2.45) is 5.92 Å². The SMILES string of the molecule is COC(=O)[C@@H]1CN(C(=O)c2nc(C)oc2C)C[C@H]1c1ccccc1. The van der Waals surface area contributed by atoms with Gasteiger partial charge in [-0.05, 0) is 12.5 Å². The monoisotopic (exact) mass is 328 g/mol. The van der Waals surface area contributed by atoms with Crippen molar-refractivity contribution in [1.82, 2.24) is 9.88 Å². The van der Waals surface area contributed by atoms with Crippen LogP contribution in [0.2, 0.25) is 0 Å². The Hall–Kier alpha value is -2.63. The van der Waals surface area contributed by atoms with Crippen LogP contribution in [0.1, 0.15) is 33.6 Å². The van der Waals surface area contributed by atoms with Crippen molar-refractivity contribution in [3.8, 4) is 0 Å². The number of aryl methyl sites for hydroxylation is 2. The van der Waals surface area contributed by atoms with Gasteiger partial charge in [-0.25, -0.2) is 4.98 Å². The zero-order chi connectivity index (χ0) is 17.3. The molecule has 2 atom stereocenters. The molecule has 0 saturated carbocycles. The second-order valence-electron chi connectivity index (χ2n) is 5.99. The molecule has 1 aromatic carbocycles. The van der Waals surface area contributed by atoms with E-state index < -0.39 is 0 Å². The lowest BCUT2D eigenvalue weighted by Crippen LogP contribution is -2.30. The van der Waals surface area contributed by atoms with E-state index in [0.717, 1.165) is 5.56 Å². The van der Waals surface area contributed by atoms with Crippen LogP contribution in [-0.2, 0) is 9.53 Å². The Balaban J connectivity index is 1.88. The molecular formula is C18H20N2O4. The van der Waals surface area contributed by atoms with Crippen LogP contribution in [0.25, 0.3) is 0 Å². The van der Waals surface area contributed by atoms with Gasteiger partial charge in [0.1, 0.15) is 5.76 Å². The number of aromatic nitrogens is 1. The molecule has 24 heavy (non-hydrogen) atoms. The average molecular weight is 328 g/mol. The summed E-state index contributed by atoms with van der Waals surface area (Å²) in [6, 6.07) is 9.73. The molecule has 1 fully saturated rings. The van der Waals surface area contributed by atoms with Gasteiger partial charge < -0.3 is 14.1 Å². The summed E-state index contributed by atoms with van der Waals surface area (Å²) in [5.41, 5.74) is 1.33. The van der Waals surface area contributed by atoms with Gasteiger partial charge >= 0.3 is 5.97 Å². The van der Waals surface area contributed by atoms with Gasteiger partial charge in [0.05, 0.1) is 13.0 Å². The lowest BCUT2D eigenvalue weighted by atomic mass is 9.89. The summed E-state index contributed by atoms with van der Waals surface area (Å²) in [6.45, 7) is 4.19. The lowest BCUT2D eigenvalue weighted by Gasteiger charge is -2.16. The summed E-state index contributed by atoms with van der Waals surface area (Å²) in [5.74, 6) is -0.0242. The van der Waals surface area contributed by atoms with Gasteiger partial charge in [-0.1, -0.05) is 30.3 Å². The van der Waals surface area contributed by atoms with E-state index >= 15 is 0 Å². The molecule has 3 rings (SSSR count). The van der Waals surface area contributed by atoms with Crippen LogP contribution in [0.15, 0.2) is 34.7 Å². The van der Waals surface area contributed by atoms with Crippen molar-refractivity contribution in [2.75, 3.05) is 20.2 Å². The molecule has 1 amide bonds. The quantitative estimate of drug-likeness (QED) is 0.809. The van der Waals surface area contributed by atoms with Crippen LogP contribution in [-0.4, -0.2) is 42.0 Å². The normalized spacial score (nSPS) is 20.2. The number of benzene rings is 1. The fraction of sp³-hybridized carbons (Fsp3) is 0.389. The minimum absolute atomic E-state index is 0.0871. The van der Waals surface area contributed by atoms with Crippen LogP contribution in [0.3, 0.4) is 0 Å². The number of nitrogens with zero attached hydrogens (tertiary/aromatic N) is 2. The van der Waals surface area contributed by atoms with Crippen LogP contribution < -0.4 is 0 Å². The summed E-state index contributed by atoms with van der Waals surface area (Å²) in [5, 5.41) is 0. The van der Waals surface area contributed by atoms with Crippen molar-refractivity contribution in [3.63, 3.8) is 0 Å². The summed E-state index contributed by atoms with van der Waals surface area (Å²) >= 11 is 0. The fourth-order valence-electron chi connectivity index (χ4n) is 3.27. The average Bonchev–Trinajstić information content (AvgIpc) is 3.18. The van der Waals surface area contributed by atoms with Gasteiger partial charge in [-0.15, -0.1) is 0 Å². The number of oxazole rings is 1. The lowest BCUT2D eigenvalue weighted by molar-refractivity contribution is -0.145. The molecule has 2 heterocycles. The Morgan fingerprint density at radius 1 is 1.21 bits per heavy atom. The van der Waals surface area contributed by atoms with Gasteiger partial charge in [-0.2, -0.15) is 0 Å². The molecule has 2 aromatic rings. The Morgan fingerprint density at radius 2 is 1.92 bits per heavy atom. The molecule has 126 valence electrons. The van der Waals surface area contributed by atoms with Crippen LogP contribution in [0.5, 0.6) is 0 Å². The highest BCUT2D eigenvalue weighted by molar-refractivity contribution is 5.94. The first-order chi connectivity index (χ1) is 11.5. The van der Waals surface area contributed by atoms with Gasteiger partial charge in [-0.3, -0.25) is 9.59 Å². The number of methoxy groups -OCH3 is 1. The number of hydrogen-bond acceptors (Lipinski definition) is 5. The molecule has 1 aliphatic heterocycles. The number of carbonyl (C=O) groups excluding carboxylic acids is 2.